The number of alkyl halides is 1. The molecule has 0 radical (unpaired) electrons. The predicted octanol–water partition coefficient (Wildman–Crippen LogP) is 5.51. The molecule has 5 rings (SSSR count). The van der Waals surface area contributed by atoms with E-state index in [-0.39, 0.29) is 18.6 Å². The Bertz CT molecular complexity index is 1190. The zero-order chi connectivity index (χ0) is 29.5. The molecule has 0 spiro atoms. The number of unbranched alkanes of at least 4 members (excludes halogenated alkanes) is 1. The second-order valence-electron chi connectivity index (χ2n) is 11.8. The number of anilines is 2. The van der Waals surface area contributed by atoms with Gasteiger partial charge in [-0.2, -0.15) is 0 Å². The van der Waals surface area contributed by atoms with E-state index >= 15 is 4.39 Å². The Morgan fingerprint density at radius 1 is 1.26 bits per heavy atom. The number of aromatic nitrogens is 1. The number of ether oxygens (including phenoxy) is 2. The molecular weight excluding hydrogens is 542 g/mol. The number of nitrogens with one attached hydrogen (secondary N) is 2. The maximum absolute atomic E-state index is 15.4. The SMILES string of the molecule is CNc1cc(CCCC[C@H](F)[C@@H]2CCN([C@@H](C(=O)O)c3cc(F)ccc3COC3CCOCC3)C2)nc2c1CCCN2. The Morgan fingerprint density at radius 2 is 2.10 bits per heavy atom. The number of carboxylic acids is 1. The fourth-order valence-corrected chi connectivity index (χ4v) is 6.56. The van der Waals surface area contributed by atoms with Crippen LogP contribution in [0.25, 0.3) is 0 Å². The van der Waals surface area contributed by atoms with Crippen LogP contribution < -0.4 is 10.6 Å². The van der Waals surface area contributed by atoms with Crippen molar-refractivity contribution in [3.63, 3.8) is 0 Å². The molecule has 3 aliphatic heterocycles. The highest BCUT2D eigenvalue weighted by atomic mass is 19.1. The lowest BCUT2D eigenvalue weighted by molar-refractivity contribution is -0.143. The maximum atomic E-state index is 15.4. The molecule has 0 aliphatic carbocycles. The second-order valence-corrected chi connectivity index (χ2v) is 11.8. The molecule has 3 aliphatic rings. The van der Waals surface area contributed by atoms with E-state index < -0.39 is 24.0 Å². The summed E-state index contributed by atoms with van der Waals surface area (Å²) in [6.07, 6.45) is 6.06. The Balaban J connectivity index is 1.15. The number of hydrogen-bond donors (Lipinski definition) is 3. The van der Waals surface area contributed by atoms with Crippen LogP contribution in [0.4, 0.5) is 20.3 Å². The molecule has 2 fully saturated rings. The predicted molar refractivity (Wildman–Crippen MR) is 158 cm³/mol. The van der Waals surface area contributed by atoms with Gasteiger partial charge < -0.3 is 25.2 Å². The van der Waals surface area contributed by atoms with Gasteiger partial charge in [0.1, 0.15) is 23.8 Å². The Morgan fingerprint density at radius 3 is 2.88 bits per heavy atom. The molecule has 2 aromatic rings. The van der Waals surface area contributed by atoms with Crippen molar-refractivity contribution in [1.82, 2.24) is 9.88 Å². The molecule has 230 valence electrons. The van der Waals surface area contributed by atoms with Gasteiger partial charge in [-0.3, -0.25) is 9.69 Å². The Kier molecular flexibility index (Phi) is 10.6. The number of hydrogen-bond acceptors (Lipinski definition) is 7. The minimum Gasteiger partial charge on any atom is -0.480 e. The summed E-state index contributed by atoms with van der Waals surface area (Å²) in [5.41, 5.74) is 4.40. The first-order chi connectivity index (χ1) is 20.4. The van der Waals surface area contributed by atoms with Crippen molar-refractivity contribution in [2.75, 3.05) is 50.5 Å². The van der Waals surface area contributed by atoms with Crippen LogP contribution in [0.3, 0.4) is 0 Å². The highest BCUT2D eigenvalue weighted by Crippen LogP contribution is 2.34. The van der Waals surface area contributed by atoms with Crippen molar-refractivity contribution < 1.29 is 28.2 Å². The number of rotatable bonds is 13. The molecular formula is C32H44F2N4O4. The minimum atomic E-state index is -1.06. The fourth-order valence-electron chi connectivity index (χ4n) is 6.56. The first-order valence-electron chi connectivity index (χ1n) is 15.5. The maximum Gasteiger partial charge on any atom is 0.325 e. The first kappa shape index (κ1) is 30.6. The lowest BCUT2D eigenvalue weighted by Gasteiger charge is -2.28. The van der Waals surface area contributed by atoms with Crippen molar-refractivity contribution in [3.8, 4) is 0 Å². The topological polar surface area (TPSA) is 96.0 Å². The van der Waals surface area contributed by atoms with Gasteiger partial charge in [-0.1, -0.05) is 12.5 Å². The number of pyridine rings is 1. The van der Waals surface area contributed by atoms with Crippen molar-refractivity contribution in [2.24, 2.45) is 5.92 Å². The summed E-state index contributed by atoms with van der Waals surface area (Å²) in [5.74, 6) is -0.834. The van der Waals surface area contributed by atoms with Gasteiger partial charge in [-0.05, 0) is 87.2 Å². The summed E-state index contributed by atoms with van der Waals surface area (Å²) in [7, 11) is 1.93. The van der Waals surface area contributed by atoms with E-state index in [1.54, 1.807) is 11.0 Å². The number of fused-ring (bicyclic) bond motifs is 1. The fraction of sp³-hybridized carbons (Fsp3) is 0.625. The van der Waals surface area contributed by atoms with E-state index in [9.17, 15) is 14.3 Å². The van der Waals surface area contributed by atoms with Crippen molar-refractivity contribution in [2.45, 2.75) is 82.7 Å². The van der Waals surface area contributed by atoms with E-state index in [2.05, 4.69) is 16.7 Å². The molecule has 0 bridgehead atoms. The summed E-state index contributed by atoms with van der Waals surface area (Å²) in [4.78, 5) is 19.1. The zero-order valence-electron chi connectivity index (χ0n) is 24.5. The van der Waals surface area contributed by atoms with Gasteiger partial charge in [0.15, 0.2) is 0 Å². The molecule has 0 saturated carbocycles. The van der Waals surface area contributed by atoms with Crippen molar-refractivity contribution in [1.29, 1.82) is 0 Å². The van der Waals surface area contributed by atoms with Gasteiger partial charge in [0, 0.05) is 56.2 Å². The van der Waals surface area contributed by atoms with Crippen LogP contribution in [0.1, 0.15) is 73.4 Å². The van der Waals surface area contributed by atoms with E-state index in [1.165, 1.54) is 17.7 Å². The molecule has 2 saturated heterocycles. The second kappa shape index (κ2) is 14.6. The van der Waals surface area contributed by atoms with Gasteiger partial charge in [-0.25, -0.2) is 13.8 Å². The van der Waals surface area contributed by atoms with Gasteiger partial charge >= 0.3 is 5.97 Å². The number of benzene rings is 1. The molecule has 4 heterocycles. The van der Waals surface area contributed by atoms with Gasteiger partial charge in [0.2, 0.25) is 0 Å². The minimum absolute atomic E-state index is 0.0356. The third kappa shape index (κ3) is 7.57. The molecule has 10 heteroatoms. The zero-order valence-corrected chi connectivity index (χ0v) is 24.5. The number of nitrogens with zero attached hydrogens (tertiary/aromatic N) is 2. The van der Waals surface area contributed by atoms with Crippen molar-refractivity contribution in [3.05, 3.63) is 52.5 Å². The van der Waals surface area contributed by atoms with Crippen LogP contribution >= 0.6 is 0 Å². The molecule has 1 aromatic heterocycles. The lowest BCUT2D eigenvalue weighted by atomic mass is 9.96. The molecule has 0 amide bonds. The molecule has 42 heavy (non-hydrogen) atoms. The van der Waals surface area contributed by atoms with Crippen molar-refractivity contribution >= 4 is 17.5 Å². The number of aryl methyl sites for hydroxylation is 1. The average Bonchev–Trinajstić information content (AvgIpc) is 3.48. The highest BCUT2D eigenvalue weighted by molar-refractivity contribution is 5.76. The van der Waals surface area contributed by atoms with E-state index in [0.717, 1.165) is 68.7 Å². The quantitative estimate of drug-likeness (QED) is 0.264. The number of carboxylic acid groups (broad SMARTS) is 1. The summed E-state index contributed by atoms with van der Waals surface area (Å²) < 4.78 is 41.2. The third-order valence-electron chi connectivity index (χ3n) is 8.92. The molecule has 3 N–H and O–H groups in total. The van der Waals surface area contributed by atoms with Crippen LogP contribution in [0.15, 0.2) is 24.3 Å². The normalized spacial score (nSPS) is 21.0. The monoisotopic (exact) mass is 586 g/mol. The van der Waals surface area contributed by atoms with E-state index in [0.29, 0.717) is 50.3 Å². The first-order valence-corrected chi connectivity index (χ1v) is 15.5. The largest absolute Gasteiger partial charge is 0.480 e. The summed E-state index contributed by atoms with van der Waals surface area (Å²) >= 11 is 0. The van der Waals surface area contributed by atoms with Crippen LogP contribution in [0.5, 0.6) is 0 Å². The molecule has 0 unspecified atom stereocenters. The summed E-state index contributed by atoms with van der Waals surface area (Å²) in [5, 5.41) is 16.9. The summed E-state index contributed by atoms with van der Waals surface area (Å²) in [6, 6.07) is 5.31. The summed E-state index contributed by atoms with van der Waals surface area (Å²) in [6.45, 7) is 3.20. The average molecular weight is 587 g/mol. The molecule has 8 nitrogen and oxygen atoms in total. The van der Waals surface area contributed by atoms with Crippen LogP contribution in [0, 0.1) is 11.7 Å². The van der Waals surface area contributed by atoms with Gasteiger partial charge in [-0.15, -0.1) is 0 Å². The number of halogens is 2. The van der Waals surface area contributed by atoms with Crippen LogP contribution in [-0.4, -0.2) is 73.1 Å². The van der Waals surface area contributed by atoms with Crippen LogP contribution in [0.2, 0.25) is 0 Å². The highest BCUT2D eigenvalue weighted by Gasteiger charge is 2.38. The third-order valence-corrected chi connectivity index (χ3v) is 8.92. The number of carbonyl (C=O) groups is 1. The van der Waals surface area contributed by atoms with E-state index in [1.807, 2.05) is 7.05 Å². The Hall–Kier alpha value is -2.82. The number of likely N-dealkylation sites (tertiary alicyclic amines) is 1. The Labute approximate surface area is 247 Å². The van der Waals surface area contributed by atoms with Gasteiger partial charge in [0.05, 0.1) is 12.7 Å². The van der Waals surface area contributed by atoms with Crippen LogP contribution in [-0.2, 0) is 33.7 Å². The smallest absolute Gasteiger partial charge is 0.325 e. The van der Waals surface area contributed by atoms with Gasteiger partial charge in [0.25, 0.3) is 0 Å². The molecule has 1 aromatic carbocycles. The van der Waals surface area contributed by atoms with E-state index in [4.69, 9.17) is 14.5 Å². The number of aliphatic carboxylic acids is 1. The molecule has 3 atom stereocenters. The lowest BCUT2D eigenvalue weighted by Crippen LogP contribution is -2.34. The standard InChI is InChI=1S/C32H44F2N4O4/c1-35-29-18-24(37-31-26(29)6-4-13-36-31)5-2-3-7-28(34)21-10-14-38(19-21)30(32(39)40)27-17-23(33)9-8-22(27)20-42-25-11-15-41-16-12-25/h8-9,17-18,21,25,28,30H,2-7,10-16,19-20H2,1H3,(H,39,40)(H2,35,36,37)/t21-,28+,30-/m1/s1.